The number of nitrogens with one attached hydrogen (secondary N) is 2. The summed E-state index contributed by atoms with van der Waals surface area (Å²) in [6.07, 6.45) is 4.35. The van der Waals surface area contributed by atoms with E-state index in [1.54, 1.807) is 39.1 Å². The molecule has 172 valence electrons. The third-order valence-electron chi connectivity index (χ3n) is 4.82. The highest BCUT2D eigenvalue weighted by Gasteiger charge is 2.21. The van der Waals surface area contributed by atoms with Gasteiger partial charge in [-0.25, -0.2) is 18.6 Å². The first-order valence-corrected chi connectivity index (χ1v) is 10.5. The fourth-order valence-electron chi connectivity index (χ4n) is 3.11. The highest BCUT2D eigenvalue weighted by molar-refractivity contribution is 6.33. The van der Waals surface area contributed by atoms with Crippen molar-refractivity contribution >= 4 is 23.5 Å². The second kappa shape index (κ2) is 10.4. The zero-order valence-electron chi connectivity index (χ0n) is 18.2. The highest BCUT2D eigenvalue weighted by Crippen LogP contribution is 2.30. The Kier molecular flexibility index (Phi) is 7.55. The fraction of sp³-hybridized carbons (Fsp3) is 0.217. The molecule has 1 aromatic carbocycles. The van der Waals surface area contributed by atoms with E-state index in [9.17, 15) is 18.4 Å². The number of hydrazine groups is 1. The maximum absolute atomic E-state index is 14.8. The maximum atomic E-state index is 14.8. The first kappa shape index (κ1) is 24.1. The van der Waals surface area contributed by atoms with E-state index in [0.29, 0.717) is 16.7 Å². The molecule has 0 fully saturated rings. The molecule has 0 radical (unpaired) electrons. The summed E-state index contributed by atoms with van der Waals surface area (Å²) in [6.45, 7) is 5.19. The number of halogens is 3. The second-order valence-electron chi connectivity index (χ2n) is 7.30. The van der Waals surface area contributed by atoms with Crippen LogP contribution in [-0.2, 0) is 0 Å². The topological polar surface area (TPSA) is 87.2 Å². The van der Waals surface area contributed by atoms with Gasteiger partial charge in [-0.05, 0) is 44.5 Å². The zero-order valence-corrected chi connectivity index (χ0v) is 19.0. The van der Waals surface area contributed by atoms with E-state index >= 15 is 0 Å². The molecule has 7 nitrogen and oxygen atoms in total. The minimum absolute atomic E-state index is 0.0233. The predicted molar refractivity (Wildman–Crippen MR) is 120 cm³/mol. The normalized spacial score (nSPS) is 11.6. The van der Waals surface area contributed by atoms with Gasteiger partial charge in [-0.3, -0.25) is 20.2 Å². The summed E-state index contributed by atoms with van der Waals surface area (Å²) < 4.78 is 28.5. The summed E-state index contributed by atoms with van der Waals surface area (Å²) in [5, 5.41) is 3.54. The van der Waals surface area contributed by atoms with Crippen molar-refractivity contribution in [2.45, 2.75) is 26.8 Å². The van der Waals surface area contributed by atoms with Crippen molar-refractivity contribution in [2.24, 2.45) is 0 Å². The number of carbonyl (C=O) groups excluding carboxylic acids is 2. The molecule has 1 atom stereocenters. The Morgan fingerprint density at radius 3 is 2.58 bits per heavy atom. The van der Waals surface area contributed by atoms with Crippen LogP contribution in [0.1, 0.15) is 41.5 Å². The van der Waals surface area contributed by atoms with E-state index in [1.165, 1.54) is 30.6 Å². The molecule has 0 aliphatic rings. The number of amides is 3. The van der Waals surface area contributed by atoms with Crippen molar-refractivity contribution < 1.29 is 18.4 Å². The number of urea groups is 1. The Hall–Kier alpha value is -3.59. The Morgan fingerprint density at radius 1 is 1.15 bits per heavy atom. The van der Waals surface area contributed by atoms with Crippen LogP contribution in [0.3, 0.4) is 0 Å². The Morgan fingerprint density at radius 2 is 1.91 bits per heavy atom. The van der Waals surface area contributed by atoms with Gasteiger partial charge in [-0.15, -0.1) is 0 Å². The molecular weight excluding hydrogens is 452 g/mol. The number of rotatable bonds is 5. The molecule has 0 bridgehead atoms. The quantitative estimate of drug-likeness (QED) is 0.520. The summed E-state index contributed by atoms with van der Waals surface area (Å²) >= 11 is 5.97. The van der Waals surface area contributed by atoms with Crippen molar-refractivity contribution in [1.82, 2.24) is 25.7 Å². The molecule has 0 saturated heterocycles. The van der Waals surface area contributed by atoms with Crippen LogP contribution in [0.4, 0.5) is 13.6 Å². The van der Waals surface area contributed by atoms with Crippen molar-refractivity contribution in [1.29, 1.82) is 0 Å². The van der Waals surface area contributed by atoms with Gasteiger partial charge < -0.3 is 5.32 Å². The molecule has 10 heteroatoms. The number of benzene rings is 1. The lowest BCUT2D eigenvalue weighted by atomic mass is 10.1. The zero-order chi connectivity index (χ0) is 24.1. The molecule has 3 aromatic rings. The van der Waals surface area contributed by atoms with Crippen molar-refractivity contribution in [2.75, 3.05) is 6.54 Å². The smallest absolute Gasteiger partial charge is 0.328 e. The van der Waals surface area contributed by atoms with Crippen LogP contribution in [0, 0.1) is 18.6 Å². The number of pyridine rings is 2. The first-order valence-electron chi connectivity index (χ1n) is 10.1. The molecule has 2 N–H and O–H groups in total. The lowest BCUT2D eigenvalue weighted by molar-refractivity contribution is 0.0829. The SMILES string of the molecule is CCN(NC(=O)c1cncc(C)c1)C(=O)N[C@H](C)c1ncc(-c2cccc(F)c2Cl)cc1F. The lowest BCUT2D eigenvalue weighted by Gasteiger charge is -2.24. The summed E-state index contributed by atoms with van der Waals surface area (Å²) in [5.41, 5.74) is 4.18. The van der Waals surface area contributed by atoms with E-state index < -0.39 is 29.6 Å². The van der Waals surface area contributed by atoms with E-state index in [4.69, 9.17) is 11.6 Å². The summed E-state index contributed by atoms with van der Waals surface area (Å²) in [6, 6.07) is 5.58. The van der Waals surface area contributed by atoms with Gasteiger partial charge in [0.1, 0.15) is 11.6 Å². The number of aryl methyl sites for hydroxylation is 1. The summed E-state index contributed by atoms with van der Waals surface area (Å²) in [7, 11) is 0. The van der Waals surface area contributed by atoms with Crippen LogP contribution in [0.5, 0.6) is 0 Å². The fourth-order valence-corrected chi connectivity index (χ4v) is 3.35. The molecule has 33 heavy (non-hydrogen) atoms. The summed E-state index contributed by atoms with van der Waals surface area (Å²) in [5.74, 6) is -1.82. The average Bonchev–Trinajstić information content (AvgIpc) is 2.78. The van der Waals surface area contributed by atoms with Gasteiger partial charge in [-0.1, -0.05) is 23.7 Å². The van der Waals surface area contributed by atoms with E-state index in [1.807, 2.05) is 0 Å². The van der Waals surface area contributed by atoms with E-state index in [-0.39, 0.29) is 17.3 Å². The monoisotopic (exact) mass is 473 g/mol. The van der Waals surface area contributed by atoms with Crippen LogP contribution in [0.25, 0.3) is 11.1 Å². The largest absolute Gasteiger partial charge is 0.336 e. The standard InChI is InChI=1S/C23H22ClF2N5O2/c1-4-31(30-22(32)16-8-13(2)10-27-11-16)23(33)29-14(3)21-19(26)9-15(12-28-21)17-6-5-7-18(25)20(17)24/h5-12,14H,4H2,1-3H3,(H,29,33)(H,30,32)/t14-/m1/s1. The Bertz CT molecular complexity index is 1190. The average molecular weight is 474 g/mol. The van der Waals surface area contributed by atoms with Gasteiger partial charge in [0.2, 0.25) is 0 Å². The summed E-state index contributed by atoms with van der Waals surface area (Å²) in [4.78, 5) is 33.1. The molecule has 2 heterocycles. The third kappa shape index (κ3) is 5.61. The van der Waals surface area contributed by atoms with Crippen LogP contribution in [0.2, 0.25) is 5.02 Å². The van der Waals surface area contributed by atoms with Gasteiger partial charge in [0.25, 0.3) is 5.91 Å². The molecule has 3 amide bonds. The second-order valence-corrected chi connectivity index (χ2v) is 7.68. The molecule has 0 saturated carbocycles. The van der Waals surface area contributed by atoms with Gasteiger partial charge >= 0.3 is 6.03 Å². The molecule has 0 aliphatic heterocycles. The van der Waals surface area contributed by atoms with Crippen LogP contribution >= 0.6 is 11.6 Å². The van der Waals surface area contributed by atoms with Crippen LogP contribution in [0.15, 0.2) is 48.9 Å². The lowest BCUT2D eigenvalue weighted by Crippen LogP contribution is -2.51. The first-order chi connectivity index (χ1) is 15.7. The van der Waals surface area contributed by atoms with Crippen molar-refractivity contribution in [3.05, 3.63) is 82.4 Å². The highest BCUT2D eigenvalue weighted by atomic mass is 35.5. The number of hydrogen-bond acceptors (Lipinski definition) is 4. The van der Waals surface area contributed by atoms with Gasteiger partial charge in [0, 0.05) is 36.3 Å². The van der Waals surface area contributed by atoms with Gasteiger partial charge in [-0.2, -0.15) is 0 Å². The molecule has 0 unspecified atom stereocenters. The minimum Gasteiger partial charge on any atom is -0.328 e. The number of nitrogens with zero attached hydrogens (tertiary/aromatic N) is 3. The Balaban J connectivity index is 1.71. The maximum Gasteiger partial charge on any atom is 0.336 e. The van der Waals surface area contributed by atoms with Crippen molar-refractivity contribution in [3.8, 4) is 11.1 Å². The van der Waals surface area contributed by atoms with Gasteiger partial charge in [0.15, 0.2) is 0 Å². The predicted octanol–water partition coefficient (Wildman–Crippen LogP) is 4.82. The van der Waals surface area contributed by atoms with E-state index in [2.05, 4.69) is 20.7 Å². The molecular formula is C23H22ClF2N5O2. The Labute approximate surface area is 194 Å². The molecule has 2 aromatic heterocycles. The number of hydrogen-bond donors (Lipinski definition) is 2. The molecule has 3 rings (SSSR count). The third-order valence-corrected chi connectivity index (χ3v) is 5.20. The minimum atomic E-state index is -0.818. The number of aromatic nitrogens is 2. The molecule has 0 aliphatic carbocycles. The number of carbonyl (C=O) groups is 2. The van der Waals surface area contributed by atoms with Crippen LogP contribution in [-0.4, -0.2) is 33.5 Å². The van der Waals surface area contributed by atoms with E-state index in [0.717, 1.165) is 10.6 Å². The molecule has 0 spiro atoms. The van der Waals surface area contributed by atoms with Crippen molar-refractivity contribution in [3.63, 3.8) is 0 Å². The van der Waals surface area contributed by atoms with Gasteiger partial charge in [0.05, 0.1) is 22.3 Å². The van der Waals surface area contributed by atoms with Crippen LogP contribution < -0.4 is 10.7 Å².